The van der Waals surface area contributed by atoms with E-state index in [0.717, 1.165) is 18.0 Å². The third kappa shape index (κ3) is 2.69. The molecule has 1 fully saturated rings. The first-order valence-electron chi connectivity index (χ1n) is 6.38. The van der Waals surface area contributed by atoms with Crippen molar-refractivity contribution in [2.24, 2.45) is 5.92 Å². The second-order valence-corrected chi connectivity index (χ2v) is 7.04. The van der Waals surface area contributed by atoms with E-state index >= 15 is 0 Å². The Morgan fingerprint density at radius 1 is 1.53 bits per heavy atom. The molecule has 1 atom stereocenters. The number of anilines is 2. The predicted molar refractivity (Wildman–Crippen MR) is 84.5 cm³/mol. The molecule has 1 amide bonds. The number of hydrogen-bond donors (Lipinski definition) is 1. The number of rotatable bonds is 3. The molecule has 0 aliphatic carbocycles. The largest absolute Gasteiger partial charge is 0.396 e. The zero-order valence-corrected chi connectivity index (χ0v) is 13.5. The van der Waals surface area contributed by atoms with E-state index in [4.69, 9.17) is 5.73 Å². The van der Waals surface area contributed by atoms with Crippen LogP contribution >= 0.6 is 23.1 Å². The normalized spacial score (nSPS) is 18.9. The Morgan fingerprint density at radius 3 is 2.68 bits per heavy atom. The van der Waals surface area contributed by atoms with Crippen LogP contribution in [-0.2, 0) is 0 Å². The van der Waals surface area contributed by atoms with Gasteiger partial charge in [0, 0.05) is 27.2 Å². The van der Waals surface area contributed by atoms with E-state index in [0.29, 0.717) is 16.5 Å². The Balaban J connectivity index is 2.39. The summed E-state index contributed by atoms with van der Waals surface area (Å²) in [5.41, 5.74) is 6.82. The van der Waals surface area contributed by atoms with Gasteiger partial charge in [-0.05, 0) is 18.6 Å². The van der Waals surface area contributed by atoms with Gasteiger partial charge in [0.1, 0.15) is 9.88 Å². The van der Waals surface area contributed by atoms with Crippen LogP contribution in [-0.4, -0.2) is 44.2 Å². The smallest absolute Gasteiger partial charge is 0.265 e. The first kappa shape index (κ1) is 14.5. The highest BCUT2D eigenvalue weighted by atomic mass is 32.2. The summed E-state index contributed by atoms with van der Waals surface area (Å²) in [5, 5.41) is 1.17. The molecule has 1 aliphatic rings. The third-order valence-electron chi connectivity index (χ3n) is 3.40. The summed E-state index contributed by atoms with van der Waals surface area (Å²) in [6.07, 6.45) is 3.23. The maximum Gasteiger partial charge on any atom is 0.265 e. The minimum Gasteiger partial charge on any atom is -0.396 e. The molecule has 0 bridgehead atoms. The number of nitrogens with two attached hydrogens (primary N) is 1. The third-order valence-corrected chi connectivity index (χ3v) is 5.60. The molecule has 1 aliphatic heterocycles. The highest BCUT2D eigenvalue weighted by molar-refractivity contribution is 7.99. The summed E-state index contributed by atoms with van der Waals surface area (Å²) in [6.45, 7) is 4.38. The maximum absolute atomic E-state index is 12.2. The topological polar surface area (TPSA) is 49.6 Å². The molecular weight excluding hydrogens is 278 g/mol. The van der Waals surface area contributed by atoms with E-state index < -0.39 is 0 Å². The Morgan fingerprint density at radius 2 is 2.21 bits per heavy atom. The number of amides is 1. The van der Waals surface area contributed by atoms with Gasteiger partial charge in [-0.1, -0.05) is 6.92 Å². The van der Waals surface area contributed by atoms with Crippen molar-refractivity contribution in [3.63, 3.8) is 0 Å². The van der Waals surface area contributed by atoms with Crippen molar-refractivity contribution >= 4 is 39.7 Å². The molecule has 1 saturated heterocycles. The molecule has 2 rings (SSSR count). The van der Waals surface area contributed by atoms with Crippen molar-refractivity contribution in [2.75, 3.05) is 44.1 Å². The Kier molecular flexibility index (Phi) is 4.30. The first-order valence-corrected chi connectivity index (χ1v) is 8.42. The van der Waals surface area contributed by atoms with E-state index in [9.17, 15) is 4.79 Å². The van der Waals surface area contributed by atoms with Gasteiger partial charge in [0.05, 0.1) is 10.6 Å². The van der Waals surface area contributed by atoms with Crippen LogP contribution in [0.25, 0.3) is 0 Å². The second-order valence-electron chi connectivity index (χ2n) is 5.22. The van der Waals surface area contributed by atoms with E-state index in [2.05, 4.69) is 11.8 Å². The van der Waals surface area contributed by atoms with Crippen LogP contribution in [0.5, 0.6) is 0 Å². The molecule has 1 unspecified atom stereocenters. The molecule has 2 N–H and O–H groups in total. The SMILES string of the molecule is CSc1c(N2CCC(C)C2)sc(C(=O)N(C)C)c1N. The molecule has 106 valence electrons. The molecule has 1 aromatic heterocycles. The van der Waals surface area contributed by atoms with Crippen LogP contribution < -0.4 is 10.6 Å². The summed E-state index contributed by atoms with van der Waals surface area (Å²) >= 11 is 3.17. The van der Waals surface area contributed by atoms with Crippen LogP contribution in [0.15, 0.2) is 4.90 Å². The molecule has 19 heavy (non-hydrogen) atoms. The van der Waals surface area contributed by atoms with Crippen molar-refractivity contribution in [1.82, 2.24) is 4.90 Å². The average molecular weight is 299 g/mol. The molecular formula is C13H21N3OS2. The standard InChI is InChI=1S/C13H21N3OS2/c1-8-5-6-16(7-8)13-11(18-4)9(14)10(19-13)12(17)15(2)3/h8H,5-7,14H2,1-4H3. The van der Waals surface area contributed by atoms with Gasteiger partial charge in [-0.25, -0.2) is 0 Å². The molecule has 0 aromatic carbocycles. The lowest BCUT2D eigenvalue weighted by Crippen LogP contribution is -2.21. The Bertz CT molecular complexity index is 484. The highest BCUT2D eigenvalue weighted by Gasteiger charge is 2.28. The van der Waals surface area contributed by atoms with Gasteiger partial charge < -0.3 is 15.5 Å². The van der Waals surface area contributed by atoms with E-state index in [1.54, 1.807) is 30.8 Å². The van der Waals surface area contributed by atoms with Gasteiger partial charge in [0.25, 0.3) is 5.91 Å². The van der Waals surface area contributed by atoms with E-state index in [1.807, 2.05) is 6.26 Å². The molecule has 1 aromatic rings. The van der Waals surface area contributed by atoms with Crippen LogP contribution in [0.4, 0.5) is 10.7 Å². The van der Waals surface area contributed by atoms with Gasteiger partial charge >= 0.3 is 0 Å². The zero-order chi connectivity index (χ0) is 14.2. The summed E-state index contributed by atoms with van der Waals surface area (Å²) < 4.78 is 0. The predicted octanol–water partition coefficient (Wildman–Crippen LogP) is 2.60. The summed E-state index contributed by atoms with van der Waals surface area (Å²) in [4.78, 5) is 17.8. The van der Waals surface area contributed by atoms with E-state index in [1.165, 1.54) is 22.8 Å². The number of carbonyl (C=O) groups excluding carboxylic acids is 1. The number of hydrogen-bond acceptors (Lipinski definition) is 5. The minimum atomic E-state index is -0.00343. The van der Waals surface area contributed by atoms with Crippen molar-refractivity contribution in [3.05, 3.63) is 4.88 Å². The molecule has 2 heterocycles. The van der Waals surface area contributed by atoms with Crippen LogP contribution in [0.3, 0.4) is 0 Å². The fraction of sp³-hybridized carbons (Fsp3) is 0.615. The number of nitrogens with zero attached hydrogens (tertiary/aromatic N) is 2. The van der Waals surface area contributed by atoms with Gasteiger partial charge in [0.15, 0.2) is 0 Å². The van der Waals surface area contributed by atoms with Crippen molar-refractivity contribution in [2.45, 2.75) is 18.2 Å². The lowest BCUT2D eigenvalue weighted by molar-refractivity contribution is 0.0833. The molecule has 4 nitrogen and oxygen atoms in total. The fourth-order valence-electron chi connectivity index (χ4n) is 2.30. The van der Waals surface area contributed by atoms with Crippen molar-refractivity contribution in [1.29, 1.82) is 0 Å². The molecule has 0 radical (unpaired) electrons. The van der Waals surface area contributed by atoms with Crippen LogP contribution in [0, 0.1) is 5.92 Å². The fourth-order valence-corrected chi connectivity index (χ4v) is 4.54. The second kappa shape index (κ2) is 5.63. The number of thiophene rings is 1. The van der Waals surface area contributed by atoms with Crippen LogP contribution in [0.2, 0.25) is 0 Å². The van der Waals surface area contributed by atoms with E-state index in [-0.39, 0.29) is 5.91 Å². The summed E-state index contributed by atoms with van der Waals surface area (Å²) in [5.74, 6) is 0.710. The van der Waals surface area contributed by atoms with Gasteiger partial charge in [-0.15, -0.1) is 23.1 Å². The molecule has 6 heteroatoms. The van der Waals surface area contributed by atoms with Gasteiger partial charge in [-0.3, -0.25) is 4.79 Å². The maximum atomic E-state index is 12.2. The Labute approximate surface area is 122 Å². The van der Waals surface area contributed by atoms with Crippen molar-refractivity contribution < 1.29 is 4.79 Å². The quantitative estimate of drug-likeness (QED) is 0.872. The Hall–Kier alpha value is -0.880. The zero-order valence-electron chi connectivity index (χ0n) is 11.9. The first-order chi connectivity index (χ1) is 8.95. The monoisotopic (exact) mass is 299 g/mol. The lowest BCUT2D eigenvalue weighted by Gasteiger charge is -2.17. The average Bonchev–Trinajstić information content (AvgIpc) is 2.92. The number of thioether (sulfide) groups is 1. The number of nitrogen functional groups attached to an aromatic ring is 1. The van der Waals surface area contributed by atoms with Crippen LogP contribution in [0.1, 0.15) is 23.0 Å². The lowest BCUT2D eigenvalue weighted by atomic mass is 10.2. The highest BCUT2D eigenvalue weighted by Crippen LogP contribution is 2.45. The summed E-state index contributed by atoms with van der Waals surface area (Å²) in [7, 11) is 3.52. The summed E-state index contributed by atoms with van der Waals surface area (Å²) in [6, 6.07) is 0. The van der Waals surface area contributed by atoms with Crippen molar-refractivity contribution in [3.8, 4) is 0 Å². The minimum absolute atomic E-state index is 0.00343. The molecule has 0 spiro atoms. The molecule has 0 saturated carbocycles. The van der Waals surface area contributed by atoms with Gasteiger partial charge in [0.2, 0.25) is 0 Å². The van der Waals surface area contributed by atoms with Gasteiger partial charge in [-0.2, -0.15) is 0 Å². The number of carbonyl (C=O) groups is 1.